The molecular weight excluding hydrogens is 482 g/mol. The largest absolute Gasteiger partial charge is 0.508 e. The second-order valence-electron chi connectivity index (χ2n) is 10.1. The van der Waals surface area contributed by atoms with Crippen molar-refractivity contribution in [3.8, 4) is 5.75 Å². The zero-order valence-electron chi connectivity index (χ0n) is 20.1. The number of carbonyl (C=O) groups is 3. The number of nitrogens with two attached hydrogens (primary N) is 2. The average molecular weight is 510 g/mol. The SMILES string of the molecule is CN(C)c1c2c(c(O)c3cc(CO)ccc13)C(O)=C1C(=O)[C@]3(O)C(O)=C(C(N)=O)C(=O)[C@@H](N)[C@@H]3C[C@@H]1C2. The van der Waals surface area contributed by atoms with E-state index in [0.29, 0.717) is 27.6 Å². The molecule has 5 rings (SSSR count). The number of ketones is 2. The van der Waals surface area contributed by atoms with Crippen LogP contribution in [0.25, 0.3) is 16.5 Å². The lowest BCUT2D eigenvalue weighted by atomic mass is 9.57. The molecule has 11 heteroatoms. The lowest BCUT2D eigenvalue weighted by molar-refractivity contribution is -0.149. The highest BCUT2D eigenvalue weighted by atomic mass is 16.3. The molecule has 1 saturated carbocycles. The summed E-state index contributed by atoms with van der Waals surface area (Å²) < 4.78 is 0. The number of phenols is 1. The number of amides is 1. The van der Waals surface area contributed by atoms with Crippen molar-refractivity contribution in [2.24, 2.45) is 23.3 Å². The molecule has 0 bridgehead atoms. The van der Waals surface area contributed by atoms with Gasteiger partial charge in [-0.2, -0.15) is 0 Å². The smallest absolute Gasteiger partial charge is 0.255 e. The minimum Gasteiger partial charge on any atom is -0.508 e. The van der Waals surface area contributed by atoms with Gasteiger partial charge in [0.1, 0.15) is 22.8 Å². The first-order valence-corrected chi connectivity index (χ1v) is 11.7. The normalized spacial score (nSPS) is 27.2. The highest BCUT2D eigenvalue weighted by Gasteiger charge is 2.63. The fourth-order valence-corrected chi connectivity index (χ4v) is 6.22. The summed E-state index contributed by atoms with van der Waals surface area (Å²) in [6.45, 7) is -0.279. The van der Waals surface area contributed by atoms with E-state index in [9.17, 15) is 39.9 Å². The number of hydrogen-bond donors (Lipinski definition) is 7. The number of aliphatic hydroxyl groups excluding tert-OH is 3. The number of phenolic OH excluding ortho intramolecular Hbond substituents is 1. The van der Waals surface area contributed by atoms with E-state index in [1.54, 1.807) is 32.3 Å². The molecule has 3 aliphatic carbocycles. The van der Waals surface area contributed by atoms with E-state index < -0.39 is 58.0 Å². The summed E-state index contributed by atoms with van der Waals surface area (Å²) in [6, 6.07) is 3.55. The van der Waals surface area contributed by atoms with Gasteiger partial charge < -0.3 is 41.9 Å². The Bertz CT molecular complexity index is 1490. The van der Waals surface area contributed by atoms with Crippen molar-refractivity contribution in [1.82, 2.24) is 0 Å². The van der Waals surface area contributed by atoms with Gasteiger partial charge in [-0.05, 0) is 36.0 Å². The molecule has 0 radical (unpaired) electrons. The summed E-state index contributed by atoms with van der Waals surface area (Å²) in [7, 11) is 3.58. The summed E-state index contributed by atoms with van der Waals surface area (Å²) in [5, 5.41) is 55.5. The van der Waals surface area contributed by atoms with Gasteiger partial charge in [0.05, 0.1) is 18.2 Å². The molecule has 194 valence electrons. The zero-order chi connectivity index (χ0) is 27.1. The van der Waals surface area contributed by atoms with Gasteiger partial charge in [-0.25, -0.2) is 0 Å². The van der Waals surface area contributed by atoms with E-state index in [1.807, 2.05) is 4.90 Å². The Balaban J connectivity index is 1.81. The Hall–Kier alpha value is -3.93. The van der Waals surface area contributed by atoms with E-state index in [1.165, 1.54) is 0 Å². The van der Waals surface area contributed by atoms with Crippen LogP contribution in [0, 0.1) is 11.8 Å². The van der Waals surface area contributed by atoms with Crippen LogP contribution in [-0.2, 0) is 27.4 Å². The first-order chi connectivity index (χ1) is 17.4. The quantitative estimate of drug-likeness (QED) is 0.277. The van der Waals surface area contributed by atoms with Crippen LogP contribution in [0.1, 0.15) is 23.1 Å². The number of primary amides is 1. The molecule has 2 aromatic rings. The standard InChI is InChI=1S/C26H27N3O8/c1-29(2)19-11-4-3-9(8-30)5-12(11)20(31)16-13(19)6-10-7-14-18(27)22(33)17(25(28)36)24(35)26(14,37)23(34)15(10)21(16)32/h3-5,10,14,18,30-32,35,37H,6-8,27H2,1-2H3,(H2,28,36)/t10-,14-,18-,26-/m0/s1. The van der Waals surface area contributed by atoms with Gasteiger partial charge >= 0.3 is 0 Å². The average Bonchev–Trinajstić information content (AvgIpc) is 2.84. The van der Waals surface area contributed by atoms with Crippen LogP contribution in [0.15, 0.2) is 35.1 Å². The first kappa shape index (κ1) is 24.8. The molecule has 11 nitrogen and oxygen atoms in total. The second-order valence-corrected chi connectivity index (χ2v) is 10.1. The number of hydrogen-bond acceptors (Lipinski definition) is 10. The molecule has 4 atom stereocenters. The molecule has 0 saturated heterocycles. The molecule has 0 heterocycles. The third-order valence-electron chi connectivity index (χ3n) is 7.89. The molecule has 3 aliphatic rings. The summed E-state index contributed by atoms with van der Waals surface area (Å²) in [5.41, 5.74) is 9.07. The lowest BCUT2D eigenvalue weighted by Gasteiger charge is -2.48. The maximum absolute atomic E-state index is 13.8. The molecule has 0 unspecified atom stereocenters. The molecule has 37 heavy (non-hydrogen) atoms. The Morgan fingerprint density at radius 3 is 2.43 bits per heavy atom. The second kappa shape index (κ2) is 8.04. The first-order valence-electron chi connectivity index (χ1n) is 11.7. The summed E-state index contributed by atoms with van der Waals surface area (Å²) in [5.74, 6) is -7.50. The Morgan fingerprint density at radius 2 is 1.84 bits per heavy atom. The molecule has 1 amide bonds. The van der Waals surface area contributed by atoms with Crippen LogP contribution in [-0.4, -0.2) is 68.7 Å². The molecule has 1 fully saturated rings. The number of aromatic hydroxyl groups is 1. The zero-order valence-corrected chi connectivity index (χ0v) is 20.1. The van der Waals surface area contributed by atoms with Crippen molar-refractivity contribution >= 4 is 39.7 Å². The predicted octanol–water partition coefficient (Wildman–Crippen LogP) is 0.0726. The summed E-state index contributed by atoms with van der Waals surface area (Å²) in [6.07, 6.45) is 0.0824. The van der Waals surface area contributed by atoms with Crippen LogP contribution >= 0.6 is 0 Å². The minimum absolute atomic E-state index is 0.0114. The molecule has 9 N–H and O–H groups in total. The number of benzene rings is 2. The van der Waals surface area contributed by atoms with Crippen molar-refractivity contribution in [3.05, 3.63) is 51.8 Å². The molecule has 0 aromatic heterocycles. The number of nitrogens with zero attached hydrogens (tertiary/aromatic N) is 1. The van der Waals surface area contributed by atoms with Crippen LogP contribution in [0.3, 0.4) is 0 Å². The maximum atomic E-state index is 13.8. The van der Waals surface area contributed by atoms with Crippen molar-refractivity contribution in [2.75, 3.05) is 19.0 Å². The monoisotopic (exact) mass is 509 g/mol. The fraction of sp³-hybridized carbons (Fsp3) is 0.346. The summed E-state index contributed by atoms with van der Waals surface area (Å²) >= 11 is 0. The minimum atomic E-state index is -2.75. The van der Waals surface area contributed by atoms with Crippen LogP contribution in [0.5, 0.6) is 5.75 Å². The van der Waals surface area contributed by atoms with Crippen LogP contribution in [0.2, 0.25) is 0 Å². The van der Waals surface area contributed by atoms with E-state index >= 15 is 0 Å². The van der Waals surface area contributed by atoms with Gasteiger partial charge in [-0.3, -0.25) is 14.4 Å². The van der Waals surface area contributed by atoms with Gasteiger partial charge in [-0.1, -0.05) is 12.1 Å². The van der Waals surface area contributed by atoms with Crippen molar-refractivity contribution < 1.29 is 39.9 Å². The molecule has 2 aromatic carbocycles. The van der Waals surface area contributed by atoms with E-state index in [0.717, 1.165) is 0 Å². The number of fused-ring (bicyclic) bond motifs is 4. The van der Waals surface area contributed by atoms with Gasteiger partial charge in [-0.15, -0.1) is 0 Å². The fourth-order valence-electron chi connectivity index (χ4n) is 6.22. The molecule has 0 aliphatic heterocycles. The third kappa shape index (κ3) is 3.08. The van der Waals surface area contributed by atoms with E-state index in [4.69, 9.17) is 11.5 Å². The van der Waals surface area contributed by atoms with Gasteiger partial charge in [0.2, 0.25) is 5.78 Å². The van der Waals surface area contributed by atoms with Crippen molar-refractivity contribution in [1.29, 1.82) is 0 Å². The van der Waals surface area contributed by atoms with E-state index in [-0.39, 0.29) is 36.3 Å². The van der Waals surface area contributed by atoms with Gasteiger partial charge in [0, 0.05) is 42.0 Å². The van der Waals surface area contributed by atoms with Gasteiger partial charge in [0.15, 0.2) is 11.4 Å². The van der Waals surface area contributed by atoms with Crippen LogP contribution < -0.4 is 16.4 Å². The highest BCUT2D eigenvalue weighted by Crippen LogP contribution is 2.54. The number of rotatable bonds is 3. The molecule has 0 spiro atoms. The van der Waals surface area contributed by atoms with Crippen molar-refractivity contribution in [2.45, 2.75) is 31.1 Å². The maximum Gasteiger partial charge on any atom is 0.255 e. The topological polar surface area (TPSA) is 208 Å². The lowest BCUT2D eigenvalue weighted by Crippen LogP contribution is -2.65. The Kier molecular flexibility index (Phi) is 5.38. The van der Waals surface area contributed by atoms with E-state index in [2.05, 4.69) is 0 Å². The number of aliphatic hydroxyl groups is 4. The molecular formula is C26H27N3O8. The predicted molar refractivity (Wildman–Crippen MR) is 133 cm³/mol. The van der Waals surface area contributed by atoms with Gasteiger partial charge in [0.25, 0.3) is 5.91 Å². The summed E-state index contributed by atoms with van der Waals surface area (Å²) in [4.78, 5) is 40.1. The third-order valence-corrected chi connectivity index (χ3v) is 7.89. The Labute approximate surface area is 210 Å². The highest BCUT2D eigenvalue weighted by molar-refractivity contribution is 6.24. The Morgan fingerprint density at radius 1 is 1.16 bits per heavy atom. The number of carbonyl (C=O) groups excluding carboxylic acids is 3. The van der Waals surface area contributed by atoms with Crippen LogP contribution in [0.4, 0.5) is 5.69 Å². The number of Topliss-reactive ketones (excluding diaryl/α,β-unsaturated/α-hetero) is 2. The number of anilines is 1. The van der Waals surface area contributed by atoms with Crippen molar-refractivity contribution in [3.63, 3.8) is 0 Å².